The van der Waals surface area contributed by atoms with E-state index in [0.29, 0.717) is 23.7 Å². The van der Waals surface area contributed by atoms with Crippen LogP contribution in [0.1, 0.15) is 47.7 Å². The first-order chi connectivity index (χ1) is 11.9. The predicted octanol–water partition coefficient (Wildman–Crippen LogP) is 2.29. The molecule has 6 nitrogen and oxygen atoms in total. The Bertz CT molecular complexity index is 707. The molecule has 0 aliphatic heterocycles. The molecule has 2 aromatic heterocycles. The molecule has 2 rings (SSSR count). The molecule has 1 atom stereocenters. The van der Waals surface area contributed by atoms with E-state index in [1.807, 2.05) is 39.1 Å². The molecule has 2 heterocycles. The van der Waals surface area contributed by atoms with Gasteiger partial charge in [-0.1, -0.05) is 13.8 Å². The molecular weight excluding hydrogens is 340 g/mol. The highest BCUT2D eigenvalue weighted by Gasteiger charge is 2.21. The summed E-state index contributed by atoms with van der Waals surface area (Å²) in [7, 11) is 1.92. The van der Waals surface area contributed by atoms with E-state index in [-0.39, 0.29) is 18.4 Å². The van der Waals surface area contributed by atoms with Crippen molar-refractivity contribution in [3.63, 3.8) is 0 Å². The van der Waals surface area contributed by atoms with Crippen LogP contribution < -0.4 is 10.2 Å². The fourth-order valence-corrected chi connectivity index (χ4v) is 3.43. The molecule has 7 heteroatoms. The van der Waals surface area contributed by atoms with Crippen LogP contribution in [0.2, 0.25) is 0 Å². The number of quaternary nitrogens is 1. The number of anilines is 1. The Morgan fingerprint density at radius 2 is 2.16 bits per heavy atom. The van der Waals surface area contributed by atoms with E-state index in [4.69, 9.17) is 9.15 Å². The third-order valence-electron chi connectivity index (χ3n) is 3.59. The number of esters is 1. The number of nitrogens with one attached hydrogen (secondary N) is 2. The van der Waals surface area contributed by atoms with Gasteiger partial charge in [0.25, 0.3) is 5.91 Å². The van der Waals surface area contributed by atoms with E-state index < -0.39 is 5.97 Å². The third kappa shape index (κ3) is 5.44. The zero-order valence-electron chi connectivity index (χ0n) is 15.0. The summed E-state index contributed by atoms with van der Waals surface area (Å²) in [6.07, 6.45) is 1.62. The normalized spacial score (nSPS) is 12.2. The average molecular weight is 365 g/mol. The van der Waals surface area contributed by atoms with Crippen molar-refractivity contribution in [2.45, 2.75) is 33.2 Å². The smallest absolute Gasteiger partial charge is 0.341 e. The van der Waals surface area contributed by atoms with Crippen molar-refractivity contribution in [1.29, 1.82) is 0 Å². The van der Waals surface area contributed by atoms with Gasteiger partial charge in [-0.05, 0) is 31.0 Å². The number of ether oxygens (including phenoxy) is 1. The largest absolute Gasteiger partial charge is 0.463 e. The first-order valence-electron chi connectivity index (χ1n) is 8.35. The monoisotopic (exact) mass is 365 g/mol. The van der Waals surface area contributed by atoms with Gasteiger partial charge in [0, 0.05) is 4.88 Å². The van der Waals surface area contributed by atoms with Crippen molar-refractivity contribution in [3.8, 4) is 0 Å². The van der Waals surface area contributed by atoms with Gasteiger partial charge >= 0.3 is 5.97 Å². The number of furan rings is 1. The number of hydrogen-bond donors (Lipinski definition) is 2. The Balaban J connectivity index is 2.04. The standard InChI is InChI=1S/C18H24N2O4S/c1-5-23-18(22)14-9-15(12(2)3)25-17(14)19-16(21)11-20(4)10-13-7-6-8-24-13/h6-9,12H,5,10-11H2,1-4H3,(H,19,21)/p+1. The van der Waals surface area contributed by atoms with Gasteiger partial charge in [0.1, 0.15) is 11.5 Å². The lowest BCUT2D eigenvalue weighted by atomic mass is 10.1. The van der Waals surface area contributed by atoms with Crippen molar-refractivity contribution in [1.82, 2.24) is 0 Å². The molecule has 0 bridgehead atoms. The van der Waals surface area contributed by atoms with Crippen molar-refractivity contribution in [3.05, 3.63) is 40.7 Å². The van der Waals surface area contributed by atoms with Crippen molar-refractivity contribution >= 4 is 28.2 Å². The van der Waals surface area contributed by atoms with Crippen LogP contribution in [0.3, 0.4) is 0 Å². The first-order valence-corrected chi connectivity index (χ1v) is 9.16. The SMILES string of the molecule is CCOC(=O)c1cc(C(C)C)sc1NC(=O)C[NH+](C)Cc1ccco1. The second-order valence-corrected chi connectivity index (χ2v) is 7.29. The average Bonchev–Trinajstić information content (AvgIpc) is 3.16. The van der Waals surface area contributed by atoms with Gasteiger partial charge in [-0.3, -0.25) is 4.79 Å². The van der Waals surface area contributed by atoms with E-state index in [2.05, 4.69) is 5.32 Å². The summed E-state index contributed by atoms with van der Waals surface area (Å²) in [6.45, 7) is 7.06. The summed E-state index contributed by atoms with van der Waals surface area (Å²) in [5, 5.41) is 3.42. The Labute approximate surface area is 151 Å². The molecule has 2 aromatic rings. The van der Waals surface area contributed by atoms with Crippen LogP contribution in [0.4, 0.5) is 5.00 Å². The fraction of sp³-hybridized carbons (Fsp3) is 0.444. The summed E-state index contributed by atoms with van der Waals surface area (Å²) in [5.41, 5.74) is 0.424. The zero-order valence-corrected chi connectivity index (χ0v) is 15.9. The first kappa shape index (κ1) is 19.2. The van der Waals surface area contributed by atoms with Gasteiger partial charge in [0.2, 0.25) is 0 Å². The summed E-state index contributed by atoms with van der Waals surface area (Å²) < 4.78 is 10.4. The quantitative estimate of drug-likeness (QED) is 0.704. The Morgan fingerprint density at radius 3 is 2.76 bits per heavy atom. The summed E-state index contributed by atoms with van der Waals surface area (Å²) in [6, 6.07) is 5.52. The number of rotatable bonds is 8. The maximum Gasteiger partial charge on any atom is 0.341 e. The third-order valence-corrected chi connectivity index (χ3v) is 4.94. The molecule has 0 radical (unpaired) electrons. The van der Waals surface area contributed by atoms with Crippen LogP contribution in [0.15, 0.2) is 28.9 Å². The van der Waals surface area contributed by atoms with E-state index in [1.165, 1.54) is 11.3 Å². The van der Waals surface area contributed by atoms with Crippen LogP contribution in [-0.2, 0) is 16.1 Å². The summed E-state index contributed by atoms with van der Waals surface area (Å²) in [5.74, 6) is 0.552. The van der Waals surface area contributed by atoms with Crippen LogP contribution in [0.25, 0.3) is 0 Å². The molecule has 0 saturated carbocycles. The molecule has 0 spiro atoms. The lowest BCUT2D eigenvalue weighted by Gasteiger charge is -2.12. The van der Waals surface area contributed by atoms with Crippen molar-refractivity contribution in [2.24, 2.45) is 0 Å². The van der Waals surface area contributed by atoms with Gasteiger partial charge in [0.05, 0.1) is 25.5 Å². The highest BCUT2D eigenvalue weighted by atomic mass is 32.1. The van der Waals surface area contributed by atoms with Gasteiger partial charge in [-0.15, -0.1) is 11.3 Å². The summed E-state index contributed by atoms with van der Waals surface area (Å²) in [4.78, 5) is 26.5. The summed E-state index contributed by atoms with van der Waals surface area (Å²) >= 11 is 1.42. The van der Waals surface area contributed by atoms with Crippen LogP contribution in [-0.4, -0.2) is 32.1 Å². The Hall–Kier alpha value is -2.12. The zero-order chi connectivity index (χ0) is 18.4. The molecule has 0 saturated heterocycles. The molecule has 0 fully saturated rings. The number of amides is 1. The van der Waals surface area contributed by atoms with Crippen LogP contribution in [0, 0.1) is 0 Å². The minimum atomic E-state index is -0.405. The number of carbonyl (C=O) groups is 2. The Morgan fingerprint density at radius 1 is 1.40 bits per heavy atom. The number of carbonyl (C=O) groups excluding carboxylic acids is 2. The highest BCUT2D eigenvalue weighted by molar-refractivity contribution is 7.16. The molecule has 0 aliphatic carbocycles. The molecule has 25 heavy (non-hydrogen) atoms. The van der Waals surface area contributed by atoms with Gasteiger partial charge in [0.15, 0.2) is 12.3 Å². The maximum absolute atomic E-state index is 12.4. The van der Waals surface area contributed by atoms with Gasteiger partial charge in [-0.25, -0.2) is 4.79 Å². The van der Waals surface area contributed by atoms with Crippen molar-refractivity contribution < 1.29 is 23.6 Å². The van der Waals surface area contributed by atoms with E-state index >= 15 is 0 Å². The molecule has 1 amide bonds. The molecule has 1 unspecified atom stereocenters. The number of likely N-dealkylation sites (N-methyl/N-ethyl adjacent to an activating group) is 1. The number of thiophene rings is 1. The predicted molar refractivity (Wildman–Crippen MR) is 97.2 cm³/mol. The molecule has 0 aliphatic rings. The molecule has 0 aromatic carbocycles. The van der Waals surface area contributed by atoms with Crippen LogP contribution >= 0.6 is 11.3 Å². The minimum Gasteiger partial charge on any atom is -0.463 e. The fourth-order valence-electron chi connectivity index (χ4n) is 2.37. The van der Waals surface area contributed by atoms with Crippen LogP contribution in [0.5, 0.6) is 0 Å². The Kier molecular flexibility index (Phi) is 6.78. The minimum absolute atomic E-state index is 0.147. The topological polar surface area (TPSA) is 73.0 Å². The highest BCUT2D eigenvalue weighted by Crippen LogP contribution is 2.33. The van der Waals surface area contributed by atoms with Gasteiger partial charge in [-0.2, -0.15) is 0 Å². The van der Waals surface area contributed by atoms with Crippen molar-refractivity contribution in [2.75, 3.05) is 25.5 Å². The lowest BCUT2D eigenvalue weighted by Crippen LogP contribution is -3.08. The molecule has 2 N–H and O–H groups in total. The number of hydrogen-bond acceptors (Lipinski definition) is 5. The van der Waals surface area contributed by atoms with E-state index in [1.54, 1.807) is 13.2 Å². The maximum atomic E-state index is 12.4. The van der Waals surface area contributed by atoms with E-state index in [0.717, 1.165) is 15.5 Å². The second-order valence-electron chi connectivity index (χ2n) is 6.20. The lowest BCUT2D eigenvalue weighted by molar-refractivity contribution is -0.886. The van der Waals surface area contributed by atoms with Gasteiger partial charge < -0.3 is 19.4 Å². The van der Waals surface area contributed by atoms with E-state index in [9.17, 15) is 9.59 Å². The second kappa shape index (κ2) is 8.82. The molecular formula is C18H25N2O4S+. The molecule has 136 valence electrons.